The van der Waals surface area contributed by atoms with E-state index in [1.807, 2.05) is 0 Å². The molecular weight excluding hydrogens is 298 g/mol. The molecule has 0 aliphatic carbocycles. The molecule has 1 aromatic rings. The van der Waals surface area contributed by atoms with Gasteiger partial charge in [-0.3, -0.25) is 19.6 Å². The van der Waals surface area contributed by atoms with Crippen LogP contribution in [0.1, 0.15) is 12.8 Å². The number of hydrogen-bond acceptors (Lipinski definition) is 5. The highest BCUT2D eigenvalue weighted by Crippen LogP contribution is 2.17. The van der Waals surface area contributed by atoms with E-state index in [1.165, 1.54) is 17.0 Å². The molecule has 8 nitrogen and oxygen atoms in total. The van der Waals surface area contributed by atoms with Crippen LogP contribution in [0.2, 0.25) is 5.02 Å². The molecule has 1 saturated heterocycles. The molecule has 1 aromatic heterocycles. The molecular formula is C12H16ClN5O3. The van der Waals surface area contributed by atoms with Crippen LogP contribution < -0.4 is 17.0 Å². The van der Waals surface area contributed by atoms with E-state index in [2.05, 4.69) is 10.4 Å². The third kappa shape index (κ3) is 3.79. The first-order chi connectivity index (χ1) is 10.0. The maximum Gasteiger partial charge on any atom is 0.348 e. The maximum atomic E-state index is 12.1. The molecule has 2 heterocycles. The summed E-state index contributed by atoms with van der Waals surface area (Å²) in [6, 6.07) is 0. The summed E-state index contributed by atoms with van der Waals surface area (Å²) in [5.74, 6) is 4.51. The molecule has 9 heteroatoms. The summed E-state index contributed by atoms with van der Waals surface area (Å²) in [5, 5.41) is 0.292. The summed E-state index contributed by atoms with van der Waals surface area (Å²) in [5.41, 5.74) is 1.60. The van der Waals surface area contributed by atoms with Gasteiger partial charge in [0.15, 0.2) is 0 Å². The molecule has 1 fully saturated rings. The van der Waals surface area contributed by atoms with E-state index in [1.54, 1.807) is 4.90 Å². The number of carbonyl (C=O) groups excluding carboxylic acids is 2. The number of amides is 2. The van der Waals surface area contributed by atoms with Crippen molar-refractivity contribution in [3.05, 3.63) is 27.9 Å². The number of carbonyl (C=O) groups is 2. The summed E-state index contributed by atoms with van der Waals surface area (Å²) in [4.78, 5) is 40.3. The molecule has 1 aliphatic heterocycles. The molecule has 0 radical (unpaired) electrons. The van der Waals surface area contributed by atoms with E-state index in [0.29, 0.717) is 31.0 Å². The van der Waals surface area contributed by atoms with Crippen LogP contribution in [0.3, 0.4) is 0 Å². The van der Waals surface area contributed by atoms with Gasteiger partial charge in [-0.15, -0.1) is 0 Å². The second-order valence-corrected chi connectivity index (χ2v) is 5.28. The summed E-state index contributed by atoms with van der Waals surface area (Å²) in [7, 11) is 0. The van der Waals surface area contributed by atoms with Crippen molar-refractivity contribution in [2.75, 3.05) is 13.1 Å². The van der Waals surface area contributed by atoms with Gasteiger partial charge in [-0.1, -0.05) is 11.6 Å². The second kappa shape index (κ2) is 6.68. The summed E-state index contributed by atoms with van der Waals surface area (Å²) >= 11 is 5.75. The standard InChI is InChI=1S/C12H16ClN5O3/c13-9-5-15-12(21)18(6-9)7-10(19)17-3-1-8(2-4-17)11(20)16-14/h5-6,8H,1-4,7,14H2,(H,16,20). The van der Waals surface area contributed by atoms with Crippen LogP contribution in [-0.4, -0.2) is 39.4 Å². The van der Waals surface area contributed by atoms with E-state index in [-0.39, 0.29) is 24.3 Å². The number of likely N-dealkylation sites (tertiary alicyclic amines) is 1. The van der Waals surface area contributed by atoms with Crippen molar-refractivity contribution >= 4 is 23.4 Å². The monoisotopic (exact) mass is 313 g/mol. The summed E-state index contributed by atoms with van der Waals surface area (Å²) in [6.45, 7) is 0.805. The first kappa shape index (κ1) is 15.5. The smallest absolute Gasteiger partial charge is 0.341 e. The first-order valence-corrected chi connectivity index (χ1v) is 6.89. The van der Waals surface area contributed by atoms with Gasteiger partial charge in [0, 0.05) is 25.2 Å². The molecule has 3 N–H and O–H groups in total. The van der Waals surface area contributed by atoms with Crippen LogP contribution in [0, 0.1) is 5.92 Å². The zero-order chi connectivity index (χ0) is 15.4. The van der Waals surface area contributed by atoms with Crippen molar-refractivity contribution in [1.82, 2.24) is 19.9 Å². The Kier molecular flexibility index (Phi) is 4.92. The quantitative estimate of drug-likeness (QED) is 0.428. The Morgan fingerprint density at radius 3 is 2.71 bits per heavy atom. The molecule has 0 aromatic carbocycles. The van der Waals surface area contributed by atoms with Crippen LogP contribution in [0.5, 0.6) is 0 Å². The van der Waals surface area contributed by atoms with E-state index < -0.39 is 5.69 Å². The van der Waals surface area contributed by atoms with Crippen molar-refractivity contribution < 1.29 is 9.59 Å². The molecule has 0 atom stereocenters. The minimum Gasteiger partial charge on any atom is -0.341 e. The van der Waals surface area contributed by atoms with Gasteiger partial charge in [-0.2, -0.15) is 0 Å². The van der Waals surface area contributed by atoms with Crippen LogP contribution in [0.15, 0.2) is 17.2 Å². The molecule has 2 amide bonds. The van der Waals surface area contributed by atoms with Crippen molar-refractivity contribution in [2.24, 2.45) is 11.8 Å². The van der Waals surface area contributed by atoms with E-state index in [0.717, 1.165) is 0 Å². The van der Waals surface area contributed by atoms with Gasteiger partial charge in [0.2, 0.25) is 11.8 Å². The van der Waals surface area contributed by atoms with Gasteiger partial charge in [-0.05, 0) is 12.8 Å². The lowest BCUT2D eigenvalue weighted by Crippen LogP contribution is -2.46. The number of hydrazine groups is 1. The Balaban J connectivity index is 1.95. The number of rotatable bonds is 3. The number of piperidine rings is 1. The molecule has 0 saturated carbocycles. The third-order valence-corrected chi connectivity index (χ3v) is 3.68. The minimum atomic E-state index is -0.523. The van der Waals surface area contributed by atoms with Gasteiger partial charge < -0.3 is 4.90 Å². The highest BCUT2D eigenvalue weighted by atomic mass is 35.5. The molecule has 21 heavy (non-hydrogen) atoms. The Morgan fingerprint density at radius 2 is 2.10 bits per heavy atom. The Labute approximate surface area is 125 Å². The Morgan fingerprint density at radius 1 is 1.43 bits per heavy atom. The van der Waals surface area contributed by atoms with Crippen LogP contribution in [0.25, 0.3) is 0 Å². The highest BCUT2D eigenvalue weighted by molar-refractivity contribution is 6.30. The van der Waals surface area contributed by atoms with Crippen LogP contribution >= 0.6 is 11.6 Å². The normalized spacial score (nSPS) is 15.8. The second-order valence-electron chi connectivity index (χ2n) is 4.85. The fourth-order valence-corrected chi connectivity index (χ4v) is 2.46. The minimum absolute atomic E-state index is 0.111. The first-order valence-electron chi connectivity index (χ1n) is 6.51. The van der Waals surface area contributed by atoms with Gasteiger partial charge in [-0.25, -0.2) is 15.6 Å². The molecule has 0 bridgehead atoms. The van der Waals surface area contributed by atoms with Crippen LogP contribution in [0.4, 0.5) is 0 Å². The van der Waals surface area contributed by atoms with E-state index >= 15 is 0 Å². The SMILES string of the molecule is NNC(=O)C1CCN(C(=O)Cn2cc(Cl)cnc2=O)CC1. The largest absolute Gasteiger partial charge is 0.348 e. The molecule has 114 valence electrons. The number of hydrogen-bond donors (Lipinski definition) is 2. The molecule has 2 rings (SSSR count). The number of nitrogens with zero attached hydrogens (tertiary/aromatic N) is 3. The highest BCUT2D eigenvalue weighted by Gasteiger charge is 2.27. The van der Waals surface area contributed by atoms with Crippen molar-refractivity contribution in [3.8, 4) is 0 Å². The summed E-state index contributed by atoms with van der Waals surface area (Å²) < 4.78 is 1.17. The van der Waals surface area contributed by atoms with Gasteiger partial charge in [0.25, 0.3) is 0 Å². The van der Waals surface area contributed by atoms with Gasteiger partial charge in [0.05, 0.1) is 11.2 Å². The average Bonchev–Trinajstić information content (AvgIpc) is 2.50. The molecule has 0 spiro atoms. The average molecular weight is 314 g/mol. The fourth-order valence-electron chi connectivity index (χ4n) is 2.30. The van der Waals surface area contributed by atoms with E-state index in [4.69, 9.17) is 17.4 Å². The van der Waals surface area contributed by atoms with Crippen molar-refractivity contribution in [2.45, 2.75) is 19.4 Å². The Bertz CT molecular complexity index is 595. The Hall–Kier alpha value is -1.93. The zero-order valence-electron chi connectivity index (χ0n) is 11.3. The lowest BCUT2D eigenvalue weighted by atomic mass is 9.96. The number of nitrogens with one attached hydrogen (secondary N) is 1. The van der Waals surface area contributed by atoms with Crippen molar-refractivity contribution in [3.63, 3.8) is 0 Å². The lowest BCUT2D eigenvalue weighted by Gasteiger charge is -2.31. The number of nitrogens with two attached hydrogens (primary N) is 1. The maximum absolute atomic E-state index is 12.1. The third-order valence-electron chi connectivity index (χ3n) is 3.49. The number of halogens is 1. The predicted molar refractivity (Wildman–Crippen MR) is 75.1 cm³/mol. The zero-order valence-corrected chi connectivity index (χ0v) is 12.0. The fraction of sp³-hybridized carbons (Fsp3) is 0.500. The molecule has 1 aliphatic rings. The van der Waals surface area contributed by atoms with Crippen molar-refractivity contribution in [1.29, 1.82) is 0 Å². The van der Waals surface area contributed by atoms with Crippen LogP contribution in [-0.2, 0) is 16.1 Å². The lowest BCUT2D eigenvalue weighted by molar-refractivity contribution is -0.136. The number of aromatic nitrogens is 2. The molecule has 0 unspecified atom stereocenters. The summed E-state index contributed by atoms with van der Waals surface area (Å²) in [6.07, 6.45) is 3.72. The van der Waals surface area contributed by atoms with E-state index in [9.17, 15) is 14.4 Å². The van der Waals surface area contributed by atoms with Gasteiger partial charge >= 0.3 is 5.69 Å². The topological polar surface area (TPSA) is 110 Å². The predicted octanol–water partition coefficient (Wildman–Crippen LogP) is -0.875. The van der Waals surface area contributed by atoms with Gasteiger partial charge in [0.1, 0.15) is 6.54 Å².